The third-order valence-corrected chi connectivity index (χ3v) is 6.73. The summed E-state index contributed by atoms with van der Waals surface area (Å²) in [5, 5.41) is 0.603. The van der Waals surface area contributed by atoms with E-state index >= 15 is 0 Å². The van der Waals surface area contributed by atoms with E-state index in [4.69, 9.17) is 16.3 Å². The van der Waals surface area contributed by atoms with Crippen LogP contribution in [0.25, 0.3) is 0 Å². The van der Waals surface area contributed by atoms with Crippen molar-refractivity contribution in [1.82, 2.24) is 0 Å². The number of halogens is 2. The molecule has 198 valence electrons. The van der Waals surface area contributed by atoms with Crippen LogP contribution in [0, 0.1) is 47.6 Å². The summed E-state index contributed by atoms with van der Waals surface area (Å²) >= 11 is 8.42. The fourth-order valence-corrected chi connectivity index (χ4v) is 5.63. The average Bonchev–Trinajstić information content (AvgIpc) is 3.18. The molecule has 0 spiro atoms. The summed E-state index contributed by atoms with van der Waals surface area (Å²) in [7, 11) is 4.57. The van der Waals surface area contributed by atoms with Gasteiger partial charge in [-0.25, -0.2) is 0 Å². The van der Waals surface area contributed by atoms with E-state index in [1.807, 2.05) is 49.4 Å². The number of nitrogens with zero attached hydrogens (tertiary/aromatic N) is 2. The SMILES string of the molecule is Cc1cc(C)c(N2CCN(c3c(C)cc(C)cc3C)C2=[C-]c2cccc(Cl)c2OC(C)C)c(C)c1.[Cl][Ru+]. The Bertz CT molecular complexity index is 1190. The average molecular weight is 625 g/mol. The van der Waals surface area contributed by atoms with Gasteiger partial charge < -0.3 is 14.5 Å². The molecule has 0 unspecified atom stereocenters. The Hall–Kier alpha value is -2.00. The topological polar surface area (TPSA) is 15.7 Å². The number of hydrogen-bond acceptors (Lipinski definition) is 3. The number of para-hydroxylation sites is 1. The van der Waals surface area contributed by atoms with Crippen LogP contribution >= 0.6 is 21.3 Å². The van der Waals surface area contributed by atoms with E-state index in [2.05, 4.69) is 91.4 Å². The van der Waals surface area contributed by atoms with Crippen molar-refractivity contribution in [2.45, 2.75) is 61.5 Å². The molecule has 37 heavy (non-hydrogen) atoms. The van der Waals surface area contributed by atoms with Gasteiger partial charge in [0.15, 0.2) is 0 Å². The Morgan fingerprint density at radius 3 is 1.62 bits per heavy atom. The molecular weight excluding hydrogens is 588 g/mol. The van der Waals surface area contributed by atoms with Crippen LogP contribution in [0.3, 0.4) is 0 Å². The molecule has 0 radical (unpaired) electrons. The van der Waals surface area contributed by atoms with Gasteiger partial charge >= 0.3 is 27.0 Å². The van der Waals surface area contributed by atoms with Gasteiger partial charge in [-0.2, -0.15) is 6.07 Å². The van der Waals surface area contributed by atoms with E-state index in [9.17, 15) is 0 Å². The van der Waals surface area contributed by atoms with Crippen LogP contribution in [0.4, 0.5) is 11.4 Å². The molecule has 1 aliphatic rings. The Morgan fingerprint density at radius 1 is 0.784 bits per heavy atom. The summed E-state index contributed by atoms with van der Waals surface area (Å²) in [6.45, 7) is 18.9. The number of aryl methyl sites for hydroxylation is 6. The molecule has 3 nitrogen and oxygen atoms in total. The fraction of sp³-hybridized carbons (Fsp3) is 0.355. The van der Waals surface area contributed by atoms with Gasteiger partial charge in [0, 0.05) is 35.2 Å². The number of anilines is 2. The van der Waals surface area contributed by atoms with Crippen molar-refractivity contribution in [3.8, 4) is 5.75 Å². The standard InChI is InChI=1S/C31H36ClN2O.ClH.Ru/c1-19(2)35-31-26(10-9-11-27(31)32)18-28-33(29-22(5)14-20(3)15-23(29)6)12-13-34(28)30-24(7)16-21(4)17-25(30)8;;/h9-11,14-17,19H,12-13H2,1-8H3;1H;/q-1;;+2/p-1. The summed E-state index contributed by atoms with van der Waals surface area (Å²) in [4.78, 5) is 4.81. The van der Waals surface area contributed by atoms with Crippen molar-refractivity contribution in [1.29, 1.82) is 0 Å². The first-order valence-electron chi connectivity index (χ1n) is 12.5. The van der Waals surface area contributed by atoms with Crippen LogP contribution in [-0.2, 0) is 17.3 Å². The molecule has 0 N–H and O–H groups in total. The van der Waals surface area contributed by atoms with E-state index in [0.29, 0.717) is 10.8 Å². The molecular formula is C31H36Cl2N2ORu. The maximum atomic E-state index is 6.60. The molecule has 0 amide bonds. The normalized spacial score (nSPS) is 13.1. The summed E-state index contributed by atoms with van der Waals surface area (Å²) in [5.41, 5.74) is 11.0. The second kappa shape index (κ2) is 12.7. The van der Waals surface area contributed by atoms with Crippen LogP contribution in [0.1, 0.15) is 52.8 Å². The van der Waals surface area contributed by atoms with Crippen molar-refractivity contribution in [2.75, 3.05) is 22.9 Å². The first-order valence-corrected chi connectivity index (χ1v) is 15.1. The molecule has 0 atom stereocenters. The molecule has 0 aromatic heterocycles. The van der Waals surface area contributed by atoms with Gasteiger partial charge in [-0.05, 0) is 77.6 Å². The first kappa shape index (κ1) is 29.6. The number of benzene rings is 3. The van der Waals surface area contributed by atoms with Gasteiger partial charge in [0.2, 0.25) is 0 Å². The van der Waals surface area contributed by atoms with Gasteiger partial charge in [0.05, 0.1) is 11.9 Å². The van der Waals surface area contributed by atoms with Crippen LogP contribution in [-0.4, -0.2) is 19.2 Å². The molecule has 3 aromatic carbocycles. The van der Waals surface area contributed by atoms with Crippen molar-refractivity contribution in [2.24, 2.45) is 0 Å². The monoisotopic (exact) mass is 624 g/mol. The molecule has 0 aliphatic carbocycles. The molecule has 6 heteroatoms. The maximum absolute atomic E-state index is 6.60. The van der Waals surface area contributed by atoms with Crippen molar-refractivity contribution < 1.29 is 22.0 Å². The van der Waals surface area contributed by atoms with Crippen molar-refractivity contribution >= 4 is 32.7 Å². The molecule has 3 aromatic rings. The molecule has 4 rings (SSSR count). The van der Waals surface area contributed by atoms with Gasteiger partial charge in [0.25, 0.3) is 0 Å². The quantitative estimate of drug-likeness (QED) is 0.209. The van der Waals surface area contributed by atoms with E-state index in [-0.39, 0.29) is 6.10 Å². The summed E-state index contributed by atoms with van der Waals surface area (Å²) < 4.78 is 6.15. The van der Waals surface area contributed by atoms with E-state index in [0.717, 1.165) is 24.5 Å². The molecule has 1 heterocycles. The molecule has 0 saturated carbocycles. The summed E-state index contributed by atoms with van der Waals surface area (Å²) in [6.07, 6.45) is 3.76. The molecule has 1 saturated heterocycles. The van der Waals surface area contributed by atoms with Crippen LogP contribution in [0.15, 0.2) is 48.3 Å². The Morgan fingerprint density at radius 2 is 1.22 bits per heavy atom. The summed E-state index contributed by atoms with van der Waals surface area (Å²) in [5.74, 6) is 1.70. The third kappa shape index (κ3) is 6.53. The number of rotatable bonds is 5. The molecule has 1 aliphatic heterocycles. The first-order chi connectivity index (χ1) is 17.6. The van der Waals surface area contributed by atoms with Crippen molar-refractivity contribution in [3.63, 3.8) is 0 Å². The second-order valence-corrected chi connectivity index (χ2v) is 10.4. The van der Waals surface area contributed by atoms with Crippen molar-refractivity contribution in [3.05, 3.63) is 98.3 Å². The van der Waals surface area contributed by atoms with Gasteiger partial charge in [-0.3, -0.25) is 0 Å². The second-order valence-electron chi connectivity index (χ2n) is 10.0. The van der Waals surface area contributed by atoms with Gasteiger partial charge in [-0.1, -0.05) is 53.1 Å². The number of hydrogen-bond donors (Lipinski definition) is 0. The fourth-order valence-electron chi connectivity index (χ4n) is 5.41. The minimum absolute atomic E-state index is 0.0133. The summed E-state index contributed by atoms with van der Waals surface area (Å²) in [6, 6.07) is 14.9. The number of ether oxygens (including phenoxy) is 1. The third-order valence-electron chi connectivity index (χ3n) is 6.44. The van der Waals surface area contributed by atoms with Crippen LogP contribution < -0.4 is 14.5 Å². The molecule has 0 bridgehead atoms. The van der Waals surface area contributed by atoms with E-state index in [1.165, 1.54) is 44.8 Å². The van der Waals surface area contributed by atoms with Gasteiger partial charge in [-0.15, -0.1) is 17.7 Å². The Balaban J connectivity index is 0.00000186. The Kier molecular flexibility index (Phi) is 10.1. The minimum atomic E-state index is 0.0133. The van der Waals surface area contributed by atoms with E-state index < -0.39 is 0 Å². The Labute approximate surface area is 242 Å². The van der Waals surface area contributed by atoms with E-state index in [1.54, 1.807) is 0 Å². The van der Waals surface area contributed by atoms with Crippen LogP contribution in [0.2, 0.25) is 5.02 Å². The zero-order chi connectivity index (χ0) is 27.4. The van der Waals surface area contributed by atoms with Crippen LogP contribution in [0.5, 0.6) is 5.75 Å². The zero-order valence-corrected chi connectivity index (χ0v) is 26.2. The zero-order valence-electron chi connectivity index (χ0n) is 22.9. The predicted molar refractivity (Wildman–Crippen MR) is 155 cm³/mol. The predicted octanol–water partition coefficient (Wildman–Crippen LogP) is 8.68. The molecule has 1 fully saturated rings. The van der Waals surface area contributed by atoms with Gasteiger partial charge in [0.1, 0.15) is 0 Å².